The SMILES string of the molecule is CC(C(=O)O)N1CCCNCCN(CP(=O)(O)O)CCCNCC1. The molecule has 10 heteroatoms. The van der Waals surface area contributed by atoms with Gasteiger partial charge < -0.3 is 25.5 Å². The van der Waals surface area contributed by atoms with Crippen molar-refractivity contribution in [2.75, 3.05) is 58.6 Å². The molecule has 1 atom stereocenters. The van der Waals surface area contributed by atoms with Crippen LogP contribution in [0.4, 0.5) is 0 Å². The third kappa shape index (κ3) is 9.68. The lowest BCUT2D eigenvalue weighted by Crippen LogP contribution is -2.44. The van der Waals surface area contributed by atoms with Crippen LogP contribution in [0.5, 0.6) is 0 Å². The summed E-state index contributed by atoms with van der Waals surface area (Å²) in [5, 5.41) is 15.7. The first-order chi connectivity index (χ1) is 11.3. The maximum absolute atomic E-state index is 11.2. The third-order valence-electron chi connectivity index (χ3n) is 4.10. The molecule has 24 heavy (non-hydrogen) atoms. The zero-order valence-electron chi connectivity index (χ0n) is 14.4. The van der Waals surface area contributed by atoms with E-state index in [1.807, 2.05) is 4.90 Å². The number of nitrogens with zero attached hydrogens (tertiary/aromatic N) is 2. The van der Waals surface area contributed by atoms with Gasteiger partial charge in [-0.25, -0.2) is 0 Å². The Hall–Kier alpha value is -0.540. The summed E-state index contributed by atoms with van der Waals surface area (Å²) in [6, 6.07) is -0.501. The largest absolute Gasteiger partial charge is 0.480 e. The number of aliphatic carboxylic acids is 1. The van der Waals surface area contributed by atoms with Crippen LogP contribution in [0.15, 0.2) is 0 Å². The number of hydrogen-bond acceptors (Lipinski definition) is 6. The topological polar surface area (TPSA) is 125 Å². The Kier molecular flexibility index (Phi) is 9.99. The Morgan fingerprint density at radius 1 is 1.04 bits per heavy atom. The minimum atomic E-state index is -4.04. The van der Waals surface area contributed by atoms with E-state index in [1.165, 1.54) is 0 Å². The van der Waals surface area contributed by atoms with E-state index in [4.69, 9.17) is 9.79 Å². The number of rotatable bonds is 4. The highest BCUT2D eigenvalue weighted by Gasteiger charge is 2.20. The first-order valence-electron chi connectivity index (χ1n) is 8.45. The molecule has 1 rings (SSSR count). The van der Waals surface area contributed by atoms with E-state index >= 15 is 0 Å². The average molecular weight is 366 g/mol. The highest BCUT2D eigenvalue weighted by molar-refractivity contribution is 7.51. The van der Waals surface area contributed by atoms with Gasteiger partial charge in [0.25, 0.3) is 0 Å². The Morgan fingerprint density at radius 3 is 2.21 bits per heavy atom. The van der Waals surface area contributed by atoms with Crippen molar-refractivity contribution in [1.29, 1.82) is 0 Å². The molecule has 0 aromatic heterocycles. The standard InChI is InChI=1S/C14H31N4O5P/c1-13(14(19)20)18-9-3-5-15-6-10-17(12-24(21,22)23)8-2-4-16-7-11-18/h13,15-16H,2-12H2,1H3,(H,19,20)(H2,21,22,23). The zero-order valence-corrected chi connectivity index (χ0v) is 15.2. The van der Waals surface area contributed by atoms with Gasteiger partial charge in [0.05, 0.1) is 0 Å². The van der Waals surface area contributed by atoms with Crippen LogP contribution in [0.25, 0.3) is 0 Å². The van der Waals surface area contributed by atoms with Crippen molar-refractivity contribution in [3.8, 4) is 0 Å². The molecule has 142 valence electrons. The van der Waals surface area contributed by atoms with Crippen LogP contribution < -0.4 is 10.6 Å². The van der Waals surface area contributed by atoms with Gasteiger partial charge >= 0.3 is 13.6 Å². The minimum absolute atomic E-state index is 0.210. The highest BCUT2D eigenvalue weighted by atomic mass is 31.2. The molecule has 1 fully saturated rings. The maximum atomic E-state index is 11.2. The van der Waals surface area contributed by atoms with E-state index in [9.17, 15) is 14.5 Å². The Labute approximate surface area is 143 Å². The fraction of sp³-hybridized carbons (Fsp3) is 0.929. The summed E-state index contributed by atoms with van der Waals surface area (Å²) in [4.78, 5) is 33.2. The Balaban J connectivity index is 2.49. The van der Waals surface area contributed by atoms with Crippen molar-refractivity contribution in [3.63, 3.8) is 0 Å². The molecule has 1 unspecified atom stereocenters. The predicted octanol–water partition coefficient (Wildman–Crippen LogP) is -0.828. The summed E-state index contributed by atoms with van der Waals surface area (Å²) in [6.07, 6.45) is 1.41. The van der Waals surface area contributed by atoms with E-state index in [1.54, 1.807) is 11.8 Å². The van der Waals surface area contributed by atoms with Gasteiger partial charge in [-0.3, -0.25) is 19.2 Å². The maximum Gasteiger partial charge on any atom is 0.339 e. The second-order valence-electron chi connectivity index (χ2n) is 6.18. The van der Waals surface area contributed by atoms with E-state index in [-0.39, 0.29) is 6.29 Å². The van der Waals surface area contributed by atoms with Gasteiger partial charge in [0.2, 0.25) is 0 Å². The molecule has 1 aliphatic heterocycles. The van der Waals surface area contributed by atoms with Gasteiger partial charge in [0.1, 0.15) is 12.3 Å². The molecular weight excluding hydrogens is 335 g/mol. The van der Waals surface area contributed by atoms with E-state index in [0.717, 1.165) is 25.9 Å². The van der Waals surface area contributed by atoms with Crippen LogP contribution in [-0.2, 0) is 9.36 Å². The van der Waals surface area contributed by atoms with Crippen LogP contribution in [-0.4, -0.2) is 95.3 Å². The molecule has 9 nitrogen and oxygen atoms in total. The van der Waals surface area contributed by atoms with E-state index in [2.05, 4.69) is 10.6 Å². The Bertz CT molecular complexity index is 404. The summed E-state index contributed by atoms with van der Waals surface area (Å²) < 4.78 is 11.2. The lowest BCUT2D eigenvalue weighted by Gasteiger charge is -2.27. The van der Waals surface area contributed by atoms with Crippen molar-refractivity contribution in [1.82, 2.24) is 20.4 Å². The minimum Gasteiger partial charge on any atom is -0.480 e. The molecular formula is C14H31N4O5P. The van der Waals surface area contributed by atoms with Gasteiger partial charge in [-0.1, -0.05) is 0 Å². The summed E-state index contributed by atoms with van der Waals surface area (Å²) in [7, 11) is -4.04. The highest BCUT2D eigenvalue weighted by Crippen LogP contribution is 2.34. The molecule has 0 aromatic carbocycles. The first-order valence-corrected chi connectivity index (χ1v) is 10.2. The number of nitrogens with one attached hydrogen (secondary N) is 2. The van der Waals surface area contributed by atoms with Crippen molar-refractivity contribution in [2.24, 2.45) is 0 Å². The molecule has 5 N–H and O–H groups in total. The predicted molar refractivity (Wildman–Crippen MR) is 92.1 cm³/mol. The van der Waals surface area contributed by atoms with Gasteiger partial charge in [-0.2, -0.15) is 0 Å². The molecule has 0 aromatic rings. The first kappa shape index (κ1) is 21.5. The van der Waals surface area contributed by atoms with Gasteiger partial charge in [0, 0.05) is 39.3 Å². The summed E-state index contributed by atoms with van der Waals surface area (Å²) in [6.45, 7) is 7.12. The van der Waals surface area contributed by atoms with Crippen molar-refractivity contribution < 1.29 is 24.3 Å². The average Bonchev–Trinajstić information content (AvgIpc) is 2.48. The van der Waals surface area contributed by atoms with E-state index < -0.39 is 19.6 Å². The van der Waals surface area contributed by atoms with Gasteiger partial charge in [-0.05, 0) is 32.9 Å². The van der Waals surface area contributed by atoms with Crippen LogP contribution in [0.1, 0.15) is 19.8 Å². The van der Waals surface area contributed by atoms with Crippen LogP contribution in [0, 0.1) is 0 Å². The van der Waals surface area contributed by atoms with Crippen LogP contribution in [0.3, 0.4) is 0 Å². The second-order valence-corrected chi connectivity index (χ2v) is 7.79. The normalized spacial score (nSPS) is 22.6. The smallest absolute Gasteiger partial charge is 0.339 e. The quantitative estimate of drug-likeness (QED) is 0.405. The second kappa shape index (κ2) is 11.1. The number of carboxylic acid groups (broad SMARTS) is 1. The Morgan fingerprint density at radius 2 is 1.62 bits per heavy atom. The number of carboxylic acids is 1. The van der Waals surface area contributed by atoms with Crippen molar-refractivity contribution >= 4 is 13.6 Å². The van der Waals surface area contributed by atoms with Crippen LogP contribution in [0.2, 0.25) is 0 Å². The summed E-state index contributed by atoms with van der Waals surface area (Å²) >= 11 is 0. The third-order valence-corrected chi connectivity index (χ3v) is 4.87. The molecule has 0 aliphatic carbocycles. The van der Waals surface area contributed by atoms with E-state index in [0.29, 0.717) is 39.3 Å². The van der Waals surface area contributed by atoms with Gasteiger partial charge in [-0.15, -0.1) is 0 Å². The zero-order chi connectivity index (χ0) is 18.0. The molecule has 0 spiro atoms. The summed E-state index contributed by atoms with van der Waals surface area (Å²) in [5.74, 6) is -0.808. The monoisotopic (exact) mass is 366 g/mol. The molecule has 1 heterocycles. The molecule has 1 saturated heterocycles. The summed E-state index contributed by atoms with van der Waals surface area (Å²) in [5.41, 5.74) is 0. The molecule has 0 bridgehead atoms. The lowest BCUT2D eigenvalue weighted by atomic mass is 10.2. The fourth-order valence-corrected chi connectivity index (χ4v) is 3.52. The number of carbonyl (C=O) groups is 1. The van der Waals surface area contributed by atoms with Gasteiger partial charge in [0.15, 0.2) is 0 Å². The molecule has 1 aliphatic rings. The molecule has 0 amide bonds. The number of hydrogen-bond donors (Lipinski definition) is 5. The van der Waals surface area contributed by atoms with Crippen LogP contribution >= 0.6 is 7.60 Å². The molecule has 0 radical (unpaired) electrons. The van der Waals surface area contributed by atoms with Crippen molar-refractivity contribution in [2.45, 2.75) is 25.8 Å². The van der Waals surface area contributed by atoms with Crippen molar-refractivity contribution in [3.05, 3.63) is 0 Å². The fourth-order valence-electron chi connectivity index (χ4n) is 2.71. The lowest BCUT2D eigenvalue weighted by molar-refractivity contribution is -0.142. The molecule has 0 saturated carbocycles.